The van der Waals surface area contributed by atoms with Crippen molar-refractivity contribution in [2.75, 3.05) is 12.0 Å². The topological polar surface area (TPSA) is 46.6 Å². The summed E-state index contributed by atoms with van der Waals surface area (Å²) in [5.41, 5.74) is 1.60. The van der Waals surface area contributed by atoms with Crippen molar-refractivity contribution in [3.8, 4) is 5.75 Å². The summed E-state index contributed by atoms with van der Waals surface area (Å²) in [5.74, 6) is 0.0384. The second-order valence-corrected chi connectivity index (χ2v) is 9.39. The first kappa shape index (κ1) is 19.5. The van der Waals surface area contributed by atoms with Crippen LogP contribution in [0.1, 0.15) is 20.7 Å². The highest BCUT2D eigenvalue weighted by Crippen LogP contribution is 2.45. The number of halogens is 1. The second kappa shape index (κ2) is 6.78. The maximum atomic E-state index is 13.6. The van der Waals surface area contributed by atoms with Gasteiger partial charge in [-0.2, -0.15) is 0 Å². The number of anilines is 1. The van der Waals surface area contributed by atoms with Crippen molar-refractivity contribution in [1.29, 1.82) is 0 Å². The van der Waals surface area contributed by atoms with Crippen LogP contribution in [0.15, 0.2) is 83.3 Å². The van der Waals surface area contributed by atoms with E-state index in [1.165, 1.54) is 10.3 Å². The zero-order chi connectivity index (χ0) is 23.1. The summed E-state index contributed by atoms with van der Waals surface area (Å²) in [5, 5.41) is 8.35. The molecule has 4 nitrogen and oxygen atoms in total. The smallest absolute Gasteiger partial charge is 0.265 e. The standard InChI is InChI=1S/C29H16BrNO3/c1-34-16-7-5-15(6-8-16)31-28(32)22-11-9-19-17-3-2-4-21-24(30)14-13-18(25(17)21)20-10-12-23(29(31)33)27(22)26(19)20/h2-14H,1H3. The van der Waals surface area contributed by atoms with Crippen LogP contribution >= 0.6 is 15.9 Å². The van der Waals surface area contributed by atoms with Crippen LogP contribution in [0.4, 0.5) is 5.69 Å². The lowest BCUT2D eigenvalue weighted by Crippen LogP contribution is -2.40. The molecule has 0 unspecified atom stereocenters. The quantitative estimate of drug-likeness (QED) is 0.141. The molecule has 7 rings (SSSR count). The van der Waals surface area contributed by atoms with Crippen LogP contribution in [0.25, 0.3) is 43.1 Å². The number of carbonyl (C=O) groups is 2. The first-order chi connectivity index (χ1) is 16.6. The minimum absolute atomic E-state index is 0.314. The molecule has 0 saturated carbocycles. The van der Waals surface area contributed by atoms with Crippen LogP contribution in [-0.2, 0) is 0 Å². The number of fused-ring (bicyclic) bond motifs is 2. The van der Waals surface area contributed by atoms with Gasteiger partial charge in [-0.25, -0.2) is 4.90 Å². The molecule has 1 heterocycles. The van der Waals surface area contributed by atoms with Gasteiger partial charge in [0, 0.05) is 21.0 Å². The molecule has 5 heteroatoms. The third-order valence-electron chi connectivity index (χ3n) is 6.93. The van der Waals surface area contributed by atoms with E-state index >= 15 is 0 Å². The number of rotatable bonds is 2. The average Bonchev–Trinajstić information content (AvgIpc) is 2.87. The molecule has 0 fully saturated rings. The average molecular weight is 506 g/mol. The lowest BCUT2D eigenvalue weighted by atomic mass is 9.85. The highest BCUT2D eigenvalue weighted by atomic mass is 79.9. The summed E-state index contributed by atoms with van der Waals surface area (Å²) >= 11 is 3.69. The minimum atomic E-state index is -0.314. The molecule has 0 N–H and O–H groups in total. The fourth-order valence-corrected chi connectivity index (χ4v) is 5.88. The van der Waals surface area contributed by atoms with Crippen molar-refractivity contribution in [2.45, 2.75) is 0 Å². The highest BCUT2D eigenvalue weighted by molar-refractivity contribution is 9.10. The number of methoxy groups -OCH3 is 1. The number of hydrogen-bond donors (Lipinski definition) is 0. The lowest BCUT2D eigenvalue weighted by Gasteiger charge is -2.28. The van der Waals surface area contributed by atoms with E-state index in [9.17, 15) is 9.59 Å². The lowest BCUT2D eigenvalue weighted by molar-refractivity contribution is 0.0893. The van der Waals surface area contributed by atoms with Gasteiger partial charge in [0.2, 0.25) is 0 Å². The number of nitrogens with zero attached hydrogens (tertiary/aromatic N) is 1. The zero-order valence-corrected chi connectivity index (χ0v) is 19.6. The number of amides is 2. The molecule has 1 aliphatic rings. The molecule has 2 amide bonds. The zero-order valence-electron chi connectivity index (χ0n) is 18.1. The number of ether oxygens (including phenoxy) is 1. The van der Waals surface area contributed by atoms with Crippen molar-refractivity contribution >= 4 is 76.5 Å². The minimum Gasteiger partial charge on any atom is -0.497 e. The maximum Gasteiger partial charge on any atom is 0.265 e. The van der Waals surface area contributed by atoms with Gasteiger partial charge in [-0.1, -0.05) is 52.3 Å². The highest BCUT2D eigenvalue weighted by Gasteiger charge is 2.35. The van der Waals surface area contributed by atoms with Gasteiger partial charge in [-0.3, -0.25) is 9.59 Å². The molecule has 0 aromatic heterocycles. The SMILES string of the molecule is COc1ccc(N2C(=O)c3ccc4c5cccc6c(Br)ccc(c7ccc(c3c47)C2=O)c65)cc1. The Hall–Kier alpha value is -3.96. The second-order valence-electron chi connectivity index (χ2n) is 8.54. The Balaban J connectivity index is 1.58. The van der Waals surface area contributed by atoms with Gasteiger partial charge >= 0.3 is 0 Å². The summed E-state index contributed by atoms with van der Waals surface area (Å²) in [4.78, 5) is 28.5. The molecule has 1 aliphatic heterocycles. The van der Waals surface area contributed by atoms with E-state index in [4.69, 9.17) is 4.74 Å². The van der Waals surface area contributed by atoms with Crippen LogP contribution in [0.3, 0.4) is 0 Å². The third-order valence-corrected chi connectivity index (χ3v) is 7.62. The summed E-state index contributed by atoms with van der Waals surface area (Å²) in [7, 11) is 1.58. The molecule has 0 atom stereocenters. The summed E-state index contributed by atoms with van der Waals surface area (Å²) in [6.07, 6.45) is 0. The number of hydrogen-bond acceptors (Lipinski definition) is 3. The van der Waals surface area contributed by atoms with E-state index in [0.717, 1.165) is 42.2 Å². The van der Waals surface area contributed by atoms with E-state index in [-0.39, 0.29) is 11.8 Å². The Morgan fingerprint density at radius 2 is 1.18 bits per heavy atom. The Kier molecular flexibility index (Phi) is 3.89. The van der Waals surface area contributed by atoms with E-state index in [1.807, 2.05) is 30.3 Å². The number of imide groups is 1. The van der Waals surface area contributed by atoms with Gasteiger partial charge in [0.15, 0.2) is 0 Å². The van der Waals surface area contributed by atoms with Gasteiger partial charge in [-0.05, 0) is 80.2 Å². The van der Waals surface area contributed by atoms with Crippen LogP contribution in [0.2, 0.25) is 0 Å². The number of benzene rings is 6. The molecule has 6 aromatic carbocycles. The largest absolute Gasteiger partial charge is 0.497 e. The Morgan fingerprint density at radius 3 is 1.82 bits per heavy atom. The summed E-state index contributed by atoms with van der Waals surface area (Å²) < 4.78 is 6.27. The van der Waals surface area contributed by atoms with E-state index in [2.05, 4.69) is 40.2 Å². The van der Waals surface area contributed by atoms with Crippen LogP contribution in [0.5, 0.6) is 5.75 Å². The summed E-state index contributed by atoms with van der Waals surface area (Å²) in [6, 6.07) is 25.2. The molecule has 162 valence electrons. The number of carbonyl (C=O) groups excluding carboxylic acids is 2. The Morgan fingerprint density at radius 1 is 0.618 bits per heavy atom. The molecule has 6 aromatic rings. The van der Waals surface area contributed by atoms with Gasteiger partial charge in [0.05, 0.1) is 12.8 Å². The first-order valence-corrected chi connectivity index (χ1v) is 11.7. The van der Waals surface area contributed by atoms with Gasteiger partial charge in [-0.15, -0.1) is 0 Å². The van der Waals surface area contributed by atoms with Crippen molar-refractivity contribution < 1.29 is 14.3 Å². The van der Waals surface area contributed by atoms with Crippen LogP contribution in [0, 0.1) is 0 Å². The molecular formula is C29H16BrNO3. The monoisotopic (exact) mass is 505 g/mol. The molecule has 0 aliphatic carbocycles. The van der Waals surface area contributed by atoms with E-state index < -0.39 is 0 Å². The van der Waals surface area contributed by atoms with E-state index in [1.54, 1.807) is 31.4 Å². The predicted octanol–water partition coefficient (Wildman–Crippen LogP) is 7.31. The normalized spacial score (nSPS) is 13.6. The van der Waals surface area contributed by atoms with Crippen LogP contribution < -0.4 is 9.64 Å². The predicted molar refractivity (Wildman–Crippen MR) is 139 cm³/mol. The first-order valence-electron chi connectivity index (χ1n) is 10.9. The van der Waals surface area contributed by atoms with Gasteiger partial charge < -0.3 is 4.74 Å². The van der Waals surface area contributed by atoms with Gasteiger partial charge in [0.1, 0.15) is 5.75 Å². The van der Waals surface area contributed by atoms with Gasteiger partial charge in [0.25, 0.3) is 11.8 Å². The molecule has 0 radical (unpaired) electrons. The Bertz CT molecular complexity index is 1770. The molecular weight excluding hydrogens is 490 g/mol. The maximum absolute atomic E-state index is 13.6. The van der Waals surface area contributed by atoms with Crippen molar-refractivity contribution in [3.63, 3.8) is 0 Å². The van der Waals surface area contributed by atoms with E-state index in [0.29, 0.717) is 22.6 Å². The Labute approximate surface area is 202 Å². The van der Waals surface area contributed by atoms with Crippen molar-refractivity contribution in [1.82, 2.24) is 0 Å². The third kappa shape index (κ3) is 2.37. The fraction of sp³-hybridized carbons (Fsp3) is 0.0345. The van der Waals surface area contributed by atoms with Crippen LogP contribution in [-0.4, -0.2) is 18.9 Å². The summed E-state index contributed by atoms with van der Waals surface area (Å²) in [6.45, 7) is 0. The molecule has 0 spiro atoms. The molecule has 0 saturated heterocycles. The molecule has 0 bridgehead atoms. The molecule has 34 heavy (non-hydrogen) atoms. The fourth-order valence-electron chi connectivity index (χ4n) is 5.42. The van der Waals surface area contributed by atoms with Crippen molar-refractivity contribution in [3.05, 3.63) is 94.5 Å². The van der Waals surface area contributed by atoms with Crippen molar-refractivity contribution in [2.24, 2.45) is 0 Å².